The molecular formula is C35H39B2N5O5+4. The number of hydrogen-bond donors (Lipinski definition) is 5. The van der Waals surface area contributed by atoms with E-state index in [1.165, 1.54) is 0 Å². The fourth-order valence-electron chi connectivity index (χ4n) is 5.37. The van der Waals surface area contributed by atoms with Crippen LogP contribution in [0.2, 0.25) is 0 Å². The van der Waals surface area contributed by atoms with E-state index in [0.717, 1.165) is 27.8 Å². The van der Waals surface area contributed by atoms with Crippen molar-refractivity contribution in [2.24, 2.45) is 0 Å². The number of nitrogens with one attached hydrogen (secondary N) is 1. The molecule has 10 nitrogen and oxygen atoms in total. The summed E-state index contributed by atoms with van der Waals surface area (Å²) >= 11 is 0. The molecule has 0 saturated carbocycles. The smallest absolute Gasteiger partial charge is 0.423 e. The molecule has 0 radical (unpaired) electrons. The maximum absolute atomic E-state index is 11.8. The van der Waals surface area contributed by atoms with Crippen LogP contribution in [-0.2, 0) is 31.0 Å². The normalized spacial score (nSPS) is 10.8. The van der Waals surface area contributed by atoms with Gasteiger partial charge in [-0.25, -0.2) is 9.13 Å². The van der Waals surface area contributed by atoms with Crippen LogP contribution in [0.15, 0.2) is 128 Å². The molecule has 0 aliphatic rings. The Morgan fingerprint density at radius 1 is 0.723 bits per heavy atom. The average molecular weight is 631 g/mol. The molecular weight excluding hydrogens is 592 g/mol. The fourth-order valence-corrected chi connectivity index (χ4v) is 5.37. The summed E-state index contributed by atoms with van der Waals surface area (Å²) in [6, 6.07) is 21.6. The summed E-state index contributed by atoms with van der Waals surface area (Å²) in [5, 5.41) is 42.5. The van der Waals surface area contributed by atoms with Gasteiger partial charge in [0, 0.05) is 71.2 Å². The number of carbonyl (C=O) groups is 1. The van der Waals surface area contributed by atoms with Gasteiger partial charge in [-0.1, -0.05) is 24.8 Å². The van der Waals surface area contributed by atoms with Crippen LogP contribution < -0.4 is 34.5 Å². The van der Waals surface area contributed by atoms with E-state index in [4.69, 9.17) is 0 Å². The Morgan fingerprint density at radius 2 is 1.28 bits per heavy atom. The van der Waals surface area contributed by atoms with E-state index in [-0.39, 0.29) is 5.91 Å². The maximum Gasteiger partial charge on any atom is 0.494 e. The van der Waals surface area contributed by atoms with Crippen molar-refractivity contribution >= 4 is 31.1 Å². The molecule has 5 rings (SSSR count). The molecule has 0 aliphatic heterocycles. The van der Waals surface area contributed by atoms with E-state index >= 15 is 0 Å². The number of carbonyl (C=O) groups excluding carboxylic acids is 1. The summed E-state index contributed by atoms with van der Waals surface area (Å²) < 4.78 is 7.95. The second kappa shape index (κ2) is 15.5. The SMILES string of the molecule is C=C(C)C(=O)NCCc1cc[n+](C[n+]2ccc(-c3cc[n+](Cc4cc(C[n+]5ccccc5)cc(B(O)O)c4)cc3)cc2)cc1B(O)O. The predicted octanol–water partition coefficient (Wildman–Crippen LogP) is -1.30. The number of benzene rings is 1. The van der Waals surface area contributed by atoms with Crippen molar-refractivity contribution in [1.29, 1.82) is 0 Å². The zero-order valence-corrected chi connectivity index (χ0v) is 26.4. The van der Waals surface area contributed by atoms with Crippen molar-refractivity contribution in [1.82, 2.24) is 5.32 Å². The summed E-state index contributed by atoms with van der Waals surface area (Å²) in [5.41, 5.74) is 6.07. The average Bonchev–Trinajstić information content (AvgIpc) is 3.06. The first-order valence-electron chi connectivity index (χ1n) is 15.4. The van der Waals surface area contributed by atoms with Crippen molar-refractivity contribution < 1.29 is 43.2 Å². The van der Waals surface area contributed by atoms with Crippen LogP contribution in [0.4, 0.5) is 0 Å². The lowest BCUT2D eigenvalue weighted by Crippen LogP contribution is -2.54. The number of amides is 1. The Bertz CT molecular complexity index is 1840. The van der Waals surface area contributed by atoms with Gasteiger partial charge in [0.05, 0.1) is 0 Å². The molecule has 12 heteroatoms. The molecule has 4 heterocycles. The Kier molecular flexibility index (Phi) is 11.0. The van der Waals surface area contributed by atoms with Gasteiger partial charge in [0.1, 0.15) is 0 Å². The Hall–Kier alpha value is -5.00. The molecule has 0 spiro atoms. The third-order valence-corrected chi connectivity index (χ3v) is 7.81. The summed E-state index contributed by atoms with van der Waals surface area (Å²) in [6.07, 6.45) is 15.9. The Balaban J connectivity index is 1.23. The molecule has 4 aromatic heterocycles. The third kappa shape index (κ3) is 9.27. The van der Waals surface area contributed by atoms with Crippen molar-refractivity contribution in [3.63, 3.8) is 0 Å². The lowest BCUT2D eigenvalue weighted by Gasteiger charge is -2.09. The molecule has 0 unspecified atom stereocenters. The van der Waals surface area contributed by atoms with Crippen LogP contribution in [0.5, 0.6) is 0 Å². The van der Waals surface area contributed by atoms with Crippen LogP contribution in [0.1, 0.15) is 23.6 Å². The third-order valence-electron chi connectivity index (χ3n) is 7.81. The van der Waals surface area contributed by atoms with Crippen LogP contribution in [-0.4, -0.2) is 46.8 Å². The topological polar surface area (TPSA) is 126 Å². The number of hydrogen-bond acceptors (Lipinski definition) is 5. The van der Waals surface area contributed by atoms with Crippen molar-refractivity contribution in [2.75, 3.05) is 6.54 Å². The van der Waals surface area contributed by atoms with E-state index in [9.17, 15) is 24.9 Å². The zero-order chi connectivity index (χ0) is 33.3. The highest BCUT2D eigenvalue weighted by molar-refractivity contribution is 6.59. The van der Waals surface area contributed by atoms with Gasteiger partial charge in [-0.15, -0.1) is 9.13 Å². The van der Waals surface area contributed by atoms with E-state index in [2.05, 4.69) is 22.5 Å². The van der Waals surface area contributed by atoms with Gasteiger partial charge < -0.3 is 25.4 Å². The van der Waals surface area contributed by atoms with Gasteiger partial charge in [0.15, 0.2) is 62.7 Å². The first-order valence-corrected chi connectivity index (χ1v) is 15.4. The molecule has 0 bridgehead atoms. The van der Waals surface area contributed by atoms with Gasteiger partial charge in [0.25, 0.3) is 0 Å². The zero-order valence-electron chi connectivity index (χ0n) is 26.4. The molecule has 0 aliphatic carbocycles. The predicted molar refractivity (Wildman–Crippen MR) is 177 cm³/mol. The molecule has 5 N–H and O–H groups in total. The van der Waals surface area contributed by atoms with E-state index in [0.29, 0.717) is 49.2 Å². The van der Waals surface area contributed by atoms with Crippen LogP contribution in [0.3, 0.4) is 0 Å². The van der Waals surface area contributed by atoms with Crippen molar-refractivity contribution in [3.05, 3.63) is 145 Å². The fraction of sp³-hybridized carbons (Fsp3) is 0.171. The highest BCUT2D eigenvalue weighted by Crippen LogP contribution is 2.16. The number of pyridine rings is 4. The minimum atomic E-state index is -1.64. The first-order chi connectivity index (χ1) is 22.6. The van der Waals surface area contributed by atoms with Gasteiger partial charge in [-0.05, 0) is 41.6 Å². The Labute approximate surface area is 275 Å². The van der Waals surface area contributed by atoms with Crippen molar-refractivity contribution in [3.8, 4) is 11.1 Å². The summed E-state index contributed by atoms with van der Waals surface area (Å²) in [4.78, 5) is 11.8. The van der Waals surface area contributed by atoms with E-state index in [1.807, 2.05) is 118 Å². The standard InChI is InChI=1S/C35H38B2N5O5/c1-27(2)35(43)38-12-6-32-11-19-42(25-34(32)37(46)47)26-41-17-9-31(10-18-41)30-7-15-40(16-8-30)24-29-20-28(21-33(22-29)36(44)45)23-39-13-4-3-5-14-39/h3-5,7-11,13-22,25,44-47H,1,6,12,23-24,26H2,2H3/q+3/p+1. The van der Waals surface area contributed by atoms with E-state index in [1.54, 1.807) is 13.1 Å². The second-order valence-electron chi connectivity index (χ2n) is 11.6. The quantitative estimate of drug-likeness (QED) is 0.0629. The highest BCUT2D eigenvalue weighted by Gasteiger charge is 2.22. The largest absolute Gasteiger partial charge is 0.494 e. The number of nitrogens with zero attached hydrogens (tertiary/aromatic N) is 4. The second-order valence-corrected chi connectivity index (χ2v) is 11.6. The molecule has 0 atom stereocenters. The Morgan fingerprint density at radius 3 is 1.83 bits per heavy atom. The first kappa shape index (κ1) is 33.4. The van der Waals surface area contributed by atoms with Gasteiger partial charge in [-0.2, -0.15) is 0 Å². The summed E-state index contributed by atoms with van der Waals surface area (Å²) in [7, 11) is -3.18. The van der Waals surface area contributed by atoms with E-state index < -0.39 is 14.2 Å². The van der Waals surface area contributed by atoms with Crippen LogP contribution in [0.25, 0.3) is 11.1 Å². The van der Waals surface area contributed by atoms with Gasteiger partial charge in [0.2, 0.25) is 5.91 Å². The minimum absolute atomic E-state index is 0.227. The molecule has 47 heavy (non-hydrogen) atoms. The lowest BCUT2D eigenvalue weighted by molar-refractivity contribution is -0.912. The summed E-state index contributed by atoms with van der Waals surface area (Å²) in [5.74, 6) is -0.227. The molecule has 236 valence electrons. The minimum Gasteiger partial charge on any atom is -0.423 e. The maximum atomic E-state index is 11.8. The number of rotatable bonds is 13. The lowest BCUT2D eigenvalue weighted by atomic mass is 9.77. The van der Waals surface area contributed by atoms with Crippen molar-refractivity contribution in [2.45, 2.75) is 33.1 Å². The molecule has 0 fully saturated rings. The van der Waals surface area contributed by atoms with Crippen LogP contribution in [0, 0.1) is 0 Å². The monoisotopic (exact) mass is 631 g/mol. The van der Waals surface area contributed by atoms with Gasteiger partial charge in [-0.3, -0.25) is 4.79 Å². The van der Waals surface area contributed by atoms with Gasteiger partial charge >= 0.3 is 20.9 Å². The summed E-state index contributed by atoms with van der Waals surface area (Å²) in [6.45, 7) is 7.29. The molecule has 1 aromatic carbocycles. The number of aromatic nitrogens is 4. The molecule has 1 amide bonds. The highest BCUT2D eigenvalue weighted by atomic mass is 16.4. The molecule has 5 aromatic rings. The van der Waals surface area contributed by atoms with Crippen LogP contribution >= 0.6 is 0 Å². The molecule has 0 saturated heterocycles.